The Morgan fingerprint density at radius 1 is 1.13 bits per heavy atom. The third-order valence-electron chi connectivity index (χ3n) is 4.94. The lowest BCUT2D eigenvalue weighted by atomic mass is 10.1. The molecular weight excluding hydrogens is 290 g/mol. The second kappa shape index (κ2) is 7.93. The lowest BCUT2D eigenvalue weighted by Gasteiger charge is -2.39. The number of nitrogens with zero attached hydrogens (tertiary/aromatic N) is 5. The van der Waals surface area contributed by atoms with E-state index in [0.29, 0.717) is 18.5 Å². The lowest BCUT2D eigenvalue weighted by molar-refractivity contribution is 0.110. The molecule has 0 aromatic carbocycles. The Morgan fingerprint density at radius 3 is 2.74 bits per heavy atom. The molecule has 3 heterocycles. The Bertz CT molecular complexity index is 490. The second-order valence-corrected chi connectivity index (χ2v) is 6.58. The zero-order valence-electron chi connectivity index (χ0n) is 14.4. The Kier molecular flexibility index (Phi) is 5.67. The van der Waals surface area contributed by atoms with E-state index in [2.05, 4.69) is 31.7 Å². The molecule has 2 aliphatic rings. The largest absolute Gasteiger partial charge is 0.478 e. The van der Waals surface area contributed by atoms with Crippen molar-refractivity contribution in [2.24, 2.45) is 0 Å². The molecule has 3 rings (SSSR count). The van der Waals surface area contributed by atoms with Crippen molar-refractivity contribution in [3.63, 3.8) is 0 Å². The van der Waals surface area contributed by atoms with Crippen molar-refractivity contribution in [1.82, 2.24) is 19.8 Å². The van der Waals surface area contributed by atoms with E-state index in [1.54, 1.807) is 6.33 Å². The van der Waals surface area contributed by atoms with Crippen molar-refractivity contribution in [1.29, 1.82) is 0 Å². The van der Waals surface area contributed by atoms with E-state index in [1.165, 1.54) is 45.4 Å². The number of hydrogen-bond acceptors (Lipinski definition) is 6. The van der Waals surface area contributed by atoms with Gasteiger partial charge in [0.15, 0.2) is 0 Å². The zero-order chi connectivity index (χ0) is 16.1. The summed E-state index contributed by atoms with van der Waals surface area (Å²) in [4.78, 5) is 16.2. The van der Waals surface area contributed by atoms with Crippen LogP contribution in [-0.2, 0) is 0 Å². The summed E-state index contributed by atoms with van der Waals surface area (Å²) < 4.78 is 5.53. The minimum atomic E-state index is 0.636. The van der Waals surface area contributed by atoms with Crippen LogP contribution in [0.1, 0.15) is 26.2 Å². The van der Waals surface area contributed by atoms with Crippen molar-refractivity contribution in [3.05, 3.63) is 12.4 Å². The summed E-state index contributed by atoms with van der Waals surface area (Å²) in [6.45, 7) is 9.49. The number of hydrogen-bond donors (Lipinski definition) is 0. The smallest absolute Gasteiger partial charge is 0.218 e. The first kappa shape index (κ1) is 16.5. The first-order valence-electron chi connectivity index (χ1n) is 8.88. The van der Waals surface area contributed by atoms with Gasteiger partial charge in [-0.2, -0.15) is 0 Å². The van der Waals surface area contributed by atoms with Crippen LogP contribution < -0.4 is 9.64 Å². The van der Waals surface area contributed by atoms with Gasteiger partial charge in [0.2, 0.25) is 5.88 Å². The molecule has 2 saturated heterocycles. The molecule has 1 atom stereocenters. The Morgan fingerprint density at radius 2 is 1.96 bits per heavy atom. The molecule has 1 aromatic heterocycles. The van der Waals surface area contributed by atoms with Crippen LogP contribution in [0.5, 0.6) is 5.88 Å². The summed E-state index contributed by atoms with van der Waals surface area (Å²) >= 11 is 0. The van der Waals surface area contributed by atoms with Gasteiger partial charge in [0.05, 0.1) is 6.61 Å². The summed E-state index contributed by atoms with van der Waals surface area (Å²) in [7, 11) is 2.22. The molecular formula is C17H29N5O. The van der Waals surface area contributed by atoms with E-state index in [4.69, 9.17) is 4.74 Å². The van der Waals surface area contributed by atoms with Crippen LogP contribution >= 0.6 is 0 Å². The molecule has 2 aliphatic heterocycles. The van der Waals surface area contributed by atoms with E-state index in [9.17, 15) is 0 Å². The number of rotatable bonds is 4. The quantitative estimate of drug-likeness (QED) is 0.838. The van der Waals surface area contributed by atoms with E-state index >= 15 is 0 Å². The summed E-state index contributed by atoms with van der Waals surface area (Å²) in [6, 6.07) is 2.62. The molecule has 0 spiro atoms. The highest BCUT2D eigenvalue weighted by molar-refractivity contribution is 5.41. The van der Waals surface area contributed by atoms with Crippen LogP contribution in [0.25, 0.3) is 0 Å². The average molecular weight is 319 g/mol. The molecule has 0 radical (unpaired) electrons. The maximum atomic E-state index is 5.53. The van der Waals surface area contributed by atoms with E-state index in [0.717, 1.165) is 18.9 Å². The van der Waals surface area contributed by atoms with E-state index < -0.39 is 0 Å². The summed E-state index contributed by atoms with van der Waals surface area (Å²) in [5.41, 5.74) is 0. The van der Waals surface area contributed by atoms with Crippen LogP contribution in [0.15, 0.2) is 12.4 Å². The number of aromatic nitrogens is 2. The predicted octanol–water partition coefficient (Wildman–Crippen LogP) is 1.48. The monoisotopic (exact) mass is 319 g/mol. The standard InChI is InChI=1S/C17H29N5O/c1-3-23-17-12-16(18-14-19-17)22-7-5-4-6-15(13-22)21-10-8-20(2)9-11-21/h12,14-15H,3-11,13H2,1-2H3. The highest BCUT2D eigenvalue weighted by Gasteiger charge is 2.26. The van der Waals surface area contributed by atoms with Crippen LogP contribution in [-0.4, -0.2) is 78.7 Å². The Labute approximate surface area is 139 Å². The van der Waals surface area contributed by atoms with Crippen molar-refractivity contribution in [2.45, 2.75) is 32.2 Å². The zero-order valence-corrected chi connectivity index (χ0v) is 14.4. The molecule has 6 nitrogen and oxygen atoms in total. The van der Waals surface area contributed by atoms with E-state index in [1.807, 2.05) is 13.0 Å². The van der Waals surface area contributed by atoms with Gasteiger partial charge in [0, 0.05) is 51.4 Å². The number of ether oxygens (including phenoxy) is 1. The number of piperazine rings is 1. The molecule has 23 heavy (non-hydrogen) atoms. The summed E-state index contributed by atoms with van der Waals surface area (Å²) in [6.07, 6.45) is 5.45. The molecule has 1 aromatic rings. The lowest BCUT2D eigenvalue weighted by Crippen LogP contribution is -2.52. The van der Waals surface area contributed by atoms with Gasteiger partial charge in [0.25, 0.3) is 0 Å². The maximum Gasteiger partial charge on any atom is 0.218 e. The van der Waals surface area contributed by atoms with Gasteiger partial charge in [-0.1, -0.05) is 6.42 Å². The molecule has 2 fully saturated rings. The van der Waals surface area contributed by atoms with Crippen molar-refractivity contribution < 1.29 is 4.74 Å². The van der Waals surface area contributed by atoms with Gasteiger partial charge in [-0.15, -0.1) is 0 Å². The fourth-order valence-corrected chi connectivity index (χ4v) is 3.54. The summed E-state index contributed by atoms with van der Waals surface area (Å²) in [5, 5.41) is 0. The number of likely N-dealkylation sites (N-methyl/N-ethyl adjacent to an activating group) is 1. The fraction of sp³-hybridized carbons (Fsp3) is 0.765. The molecule has 0 N–H and O–H groups in total. The highest BCUT2D eigenvalue weighted by atomic mass is 16.5. The predicted molar refractivity (Wildman–Crippen MR) is 92.1 cm³/mol. The number of anilines is 1. The minimum Gasteiger partial charge on any atom is -0.478 e. The topological polar surface area (TPSA) is 44.7 Å². The van der Waals surface area contributed by atoms with Crippen LogP contribution in [0, 0.1) is 0 Å². The molecule has 128 valence electrons. The van der Waals surface area contributed by atoms with Gasteiger partial charge in [-0.25, -0.2) is 9.97 Å². The maximum absolute atomic E-state index is 5.53. The molecule has 0 aliphatic carbocycles. The van der Waals surface area contributed by atoms with Gasteiger partial charge in [0.1, 0.15) is 12.1 Å². The average Bonchev–Trinajstić information content (AvgIpc) is 2.82. The molecule has 6 heteroatoms. The van der Waals surface area contributed by atoms with Crippen molar-refractivity contribution in [3.8, 4) is 5.88 Å². The third-order valence-corrected chi connectivity index (χ3v) is 4.94. The van der Waals surface area contributed by atoms with Gasteiger partial charge in [-0.05, 0) is 26.8 Å². The van der Waals surface area contributed by atoms with Crippen molar-refractivity contribution in [2.75, 3.05) is 57.8 Å². The summed E-state index contributed by atoms with van der Waals surface area (Å²) in [5.74, 6) is 1.68. The first-order valence-corrected chi connectivity index (χ1v) is 8.88. The van der Waals surface area contributed by atoms with Gasteiger partial charge < -0.3 is 14.5 Å². The fourth-order valence-electron chi connectivity index (χ4n) is 3.54. The van der Waals surface area contributed by atoms with Crippen LogP contribution in [0.4, 0.5) is 5.82 Å². The Balaban J connectivity index is 1.68. The van der Waals surface area contributed by atoms with E-state index in [-0.39, 0.29) is 0 Å². The minimum absolute atomic E-state index is 0.636. The SMILES string of the molecule is CCOc1cc(N2CCCCC(N3CCN(C)CC3)C2)ncn1. The normalized spacial score (nSPS) is 24.4. The first-order chi connectivity index (χ1) is 11.3. The Hall–Kier alpha value is -1.40. The van der Waals surface area contributed by atoms with Gasteiger partial charge in [-0.3, -0.25) is 4.90 Å². The third kappa shape index (κ3) is 4.32. The molecule has 1 unspecified atom stereocenters. The highest BCUT2D eigenvalue weighted by Crippen LogP contribution is 2.23. The van der Waals surface area contributed by atoms with Gasteiger partial charge >= 0.3 is 0 Å². The molecule has 0 amide bonds. The molecule has 0 bridgehead atoms. The second-order valence-electron chi connectivity index (χ2n) is 6.58. The van der Waals surface area contributed by atoms with Crippen LogP contribution in [0.3, 0.4) is 0 Å². The van der Waals surface area contributed by atoms with Crippen molar-refractivity contribution >= 4 is 5.82 Å². The molecule has 0 saturated carbocycles. The van der Waals surface area contributed by atoms with Crippen LogP contribution in [0.2, 0.25) is 0 Å².